The van der Waals surface area contributed by atoms with Crippen LogP contribution in [0.5, 0.6) is 0 Å². The lowest BCUT2D eigenvalue weighted by Gasteiger charge is -2.25. The standard InChI is InChI=1S/C17H26N2/c1-2-18-17(14-7-4-3-5-8-14)13-19-11-15-9-6-10-16(15)12-19/h3-5,7-8,15-18H,2,6,9-13H2,1H3. The molecule has 1 aliphatic carbocycles. The number of nitrogens with zero attached hydrogens (tertiary/aromatic N) is 1. The number of nitrogens with one attached hydrogen (secondary N) is 1. The van der Waals surface area contributed by atoms with Crippen molar-refractivity contribution >= 4 is 0 Å². The summed E-state index contributed by atoms with van der Waals surface area (Å²) in [6, 6.07) is 11.4. The van der Waals surface area contributed by atoms with E-state index in [1.807, 2.05) is 0 Å². The molecule has 1 saturated carbocycles. The van der Waals surface area contributed by atoms with Crippen LogP contribution in [-0.4, -0.2) is 31.1 Å². The normalized spacial score (nSPS) is 28.5. The minimum absolute atomic E-state index is 0.491. The highest BCUT2D eigenvalue weighted by Crippen LogP contribution is 2.38. The van der Waals surface area contributed by atoms with E-state index < -0.39 is 0 Å². The van der Waals surface area contributed by atoms with Crippen LogP contribution < -0.4 is 5.32 Å². The maximum absolute atomic E-state index is 3.65. The van der Waals surface area contributed by atoms with Gasteiger partial charge in [0.05, 0.1) is 0 Å². The zero-order valence-electron chi connectivity index (χ0n) is 12.0. The number of fused-ring (bicyclic) bond motifs is 1. The van der Waals surface area contributed by atoms with Gasteiger partial charge in [0, 0.05) is 25.7 Å². The minimum atomic E-state index is 0.491. The van der Waals surface area contributed by atoms with Crippen LogP contribution >= 0.6 is 0 Å². The Morgan fingerprint density at radius 1 is 1.16 bits per heavy atom. The third-order valence-corrected chi connectivity index (χ3v) is 4.90. The van der Waals surface area contributed by atoms with E-state index in [1.165, 1.54) is 44.5 Å². The molecule has 1 aromatic rings. The molecule has 0 bridgehead atoms. The van der Waals surface area contributed by atoms with Crippen molar-refractivity contribution < 1.29 is 0 Å². The fourth-order valence-electron chi connectivity index (χ4n) is 3.96. The highest BCUT2D eigenvalue weighted by Gasteiger charge is 2.36. The number of hydrogen-bond donors (Lipinski definition) is 1. The summed E-state index contributed by atoms with van der Waals surface area (Å²) in [5, 5.41) is 3.65. The van der Waals surface area contributed by atoms with Crippen molar-refractivity contribution in [2.45, 2.75) is 32.2 Å². The second kappa shape index (κ2) is 6.06. The van der Waals surface area contributed by atoms with E-state index >= 15 is 0 Å². The van der Waals surface area contributed by atoms with Crippen molar-refractivity contribution in [3.8, 4) is 0 Å². The smallest absolute Gasteiger partial charge is 0.0449 e. The molecule has 1 heterocycles. The molecule has 2 nitrogen and oxygen atoms in total. The van der Waals surface area contributed by atoms with Crippen molar-refractivity contribution in [1.82, 2.24) is 10.2 Å². The predicted octanol–water partition coefficient (Wildman–Crippen LogP) is 3.07. The first-order chi connectivity index (χ1) is 9.36. The largest absolute Gasteiger partial charge is 0.309 e. The maximum atomic E-state index is 3.65. The highest BCUT2D eigenvalue weighted by molar-refractivity contribution is 5.19. The van der Waals surface area contributed by atoms with Gasteiger partial charge >= 0.3 is 0 Å². The van der Waals surface area contributed by atoms with Crippen LogP contribution in [-0.2, 0) is 0 Å². The molecule has 3 unspecified atom stereocenters. The summed E-state index contributed by atoms with van der Waals surface area (Å²) in [5.74, 6) is 2.00. The van der Waals surface area contributed by atoms with Crippen LogP contribution in [0.2, 0.25) is 0 Å². The molecule has 0 spiro atoms. The van der Waals surface area contributed by atoms with Crippen molar-refractivity contribution in [3.05, 3.63) is 35.9 Å². The van der Waals surface area contributed by atoms with Gasteiger partial charge in [0.25, 0.3) is 0 Å². The second-order valence-electron chi connectivity index (χ2n) is 6.19. The first-order valence-electron chi connectivity index (χ1n) is 7.87. The highest BCUT2D eigenvalue weighted by atomic mass is 15.2. The molecule has 0 aromatic heterocycles. The molecule has 1 saturated heterocycles. The number of rotatable bonds is 5. The number of hydrogen-bond acceptors (Lipinski definition) is 2. The summed E-state index contributed by atoms with van der Waals surface area (Å²) in [6.45, 7) is 7.08. The SMILES string of the molecule is CCNC(CN1CC2CCCC2C1)c1ccccc1. The third-order valence-electron chi connectivity index (χ3n) is 4.90. The van der Waals surface area contributed by atoms with E-state index in [4.69, 9.17) is 0 Å². The number of likely N-dealkylation sites (tertiary alicyclic amines) is 1. The Morgan fingerprint density at radius 2 is 1.84 bits per heavy atom. The lowest BCUT2D eigenvalue weighted by atomic mass is 10.0. The average Bonchev–Trinajstić information content (AvgIpc) is 3.00. The Bertz CT molecular complexity index is 378. The van der Waals surface area contributed by atoms with Gasteiger partial charge in [-0.3, -0.25) is 0 Å². The number of likely N-dealkylation sites (N-methyl/N-ethyl adjacent to an activating group) is 1. The van der Waals surface area contributed by atoms with Crippen LogP contribution in [0.4, 0.5) is 0 Å². The van der Waals surface area contributed by atoms with Gasteiger partial charge in [-0.2, -0.15) is 0 Å². The van der Waals surface area contributed by atoms with E-state index in [0.29, 0.717) is 6.04 Å². The number of benzene rings is 1. The lowest BCUT2D eigenvalue weighted by molar-refractivity contribution is 0.274. The maximum Gasteiger partial charge on any atom is 0.0449 e. The van der Waals surface area contributed by atoms with E-state index in [1.54, 1.807) is 0 Å². The van der Waals surface area contributed by atoms with E-state index in [-0.39, 0.29) is 0 Å². The summed E-state index contributed by atoms with van der Waals surface area (Å²) in [4.78, 5) is 2.69. The summed E-state index contributed by atoms with van der Waals surface area (Å²) in [5.41, 5.74) is 1.43. The fraction of sp³-hybridized carbons (Fsp3) is 0.647. The summed E-state index contributed by atoms with van der Waals surface area (Å²) < 4.78 is 0. The first kappa shape index (κ1) is 13.1. The molecule has 2 heteroatoms. The van der Waals surface area contributed by atoms with Crippen LogP contribution in [0.15, 0.2) is 30.3 Å². The molecule has 3 rings (SSSR count). The lowest BCUT2D eigenvalue weighted by Crippen LogP contribution is -2.34. The molecule has 19 heavy (non-hydrogen) atoms. The topological polar surface area (TPSA) is 15.3 Å². The molecule has 0 amide bonds. The van der Waals surface area contributed by atoms with Crippen LogP contribution in [0.3, 0.4) is 0 Å². The summed E-state index contributed by atoms with van der Waals surface area (Å²) in [7, 11) is 0. The molecular weight excluding hydrogens is 232 g/mol. The molecular formula is C17H26N2. The monoisotopic (exact) mass is 258 g/mol. The van der Waals surface area contributed by atoms with Crippen LogP contribution in [0, 0.1) is 11.8 Å². The van der Waals surface area contributed by atoms with E-state index in [0.717, 1.165) is 18.4 Å². The molecule has 3 atom stereocenters. The van der Waals surface area contributed by atoms with Crippen LogP contribution in [0.1, 0.15) is 37.8 Å². The Kier molecular flexibility index (Phi) is 4.19. The van der Waals surface area contributed by atoms with Gasteiger partial charge in [0.15, 0.2) is 0 Å². The molecule has 1 N–H and O–H groups in total. The second-order valence-corrected chi connectivity index (χ2v) is 6.19. The van der Waals surface area contributed by atoms with Gasteiger partial charge < -0.3 is 10.2 Å². The zero-order valence-corrected chi connectivity index (χ0v) is 12.0. The van der Waals surface area contributed by atoms with Crippen molar-refractivity contribution in [2.24, 2.45) is 11.8 Å². The molecule has 2 fully saturated rings. The van der Waals surface area contributed by atoms with Crippen LogP contribution in [0.25, 0.3) is 0 Å². The quantitative estimate of drug-likeness (QED) is 0.873. The summed E-state index contributed by atoms with van der Waals surface area (Å²) >= 11 is 0. The summed E-state index contributed by atoms with van der Waals surface area (Å²) in [6.07, 6.45) is 4.41. The van der Waals surface area contributed by atoms with Gasteiger partial charge in [0.2, 0.25) is 0 Å². The third kappa shape index (κ3) is 3.01. The Balaban J connectivity index is 1.62. The molecule has 1 aliphatic heterocycles. The molecule has 0 radical (unpaired) electrons. The predicted molar refractivity (Wildman–Crippen MR) is 80.1 cm³/mol. The molecule has 2 aliphatic rings. The van der Waals surface area contributed by atoms with Crippen molar-refractivity contribution in [3.63, 3.8) is 0 Å². The first-order valence-corrected chi connectivity index (χ1v) is 7.87. The van der Waals surface area contributed by atoms with Crippen molar-refractivity contribution in [1.29, 1.82) is 0 Å². The van der Waals surface area contributed by atoms with E-state index in [9.17, 15) is 0 Å². The molecule has 104 valence electrons. The van der Waals surface area contributed by atoms with Gasteiger partial charge in [-0.15, -0.1) is 0 Å². The average molecular weight is 258 g/mol. The Labute approximate surface area is 117 Å². The van der Waals surface area contributed by atoms with Gasteiger partial charge in [-0.1, -0.05) is 43.7 Å². The molecule has 1 aromatic carbocycles. The van der Waals surface area contributed by atoms with Crippen molar-refractivity contribution in [2.75, 3.05) is 26.2 Å². The van der Waals surface area contributed by atoms with E-state index in [2.05, 4.69) is 47.5 Å². The zero-order chi connectivity index (χ0) is 13.1. The Morgan fingerprint density at radius 3 is 2.47 bits per heavy atom. The minimum Gasteiger partial charge on any atom is -0.309 e. The van der Waals surface area contributed by atoms with Gasteiger partial charge in [-0.05, 0) is 36.8 Å². The van der Waals surface area contributed by atoms with Gasteiger partial charge in [0.1, 0.15) is 0 Å². The fourth-order valence-corrected chi connectivity index (χ4v) is 3.96. The van der Waals surface area contributed by atoms with Gasteiger partial charge in [-0.25, -0.2) is 0 Å². The Hall–Kier alpha value is -0.860.